The predicted octanol–water partition coefficient (Wildman–Crippen LogP) is 7.55. The van der Waals surface area contributed by atoms with Crippen LogP contribution in [0.25, 0.3) is 0 Å². The van der Waals surface area contributed by atoms with E-state index in [0.717, 1.165) is 73.2 Å². The van der Waals surface area contributed by atoms with Gasteiger partial charge in [0.05, 0.1) is 5.57 Å². The first-order valence-corrected chi connectivity index (χ1v) is 16.2. The molecule has 2 heterocycles. The minimum atomic E-state index is -0.575. The number of carbonyl (C=O) groups excluding carboxylic acids is 2. The van der Waals surface area contributed by atoms with Crippen LogP contribution in [0.2, 0.25) is 0 Å². The molecule has 2 saturated carbocycles. The van der Waals surface area contributed by atoms with E-state index in [-0.39, 0.29) is 36.3 Å². The van der Waals surface area contributed by atoms with Crippen LogP contribution in [0.5, 0.6) is 17.2 Å². The number of dihydropyridines is 1. The number of ketones is 1. The van der Waals surface area contributed by atoms with Crippen LogP contribution in [-0.4, -0.2) is 29.8 Å². The number of hydrogen-bond donors (Lipinski definition) is 2. The molecule has 0 radical (unpaired) electrons. The standard InChI is InChI=1S/C34H37NO6.C2H6/c36-24-9-5-8-22(15-24)31-32-27(16-23(17-28(32)37)21-12-13-29-30(18-21)40-19-39-29)35-26(14-20-6-1-2-7-20)33(31)34(38)41-25-10-3-4-11-25;1-2/h5,8-9,12-13,15,18,20,23,25,31,35-36H,1-4,6-7,10-11,14,16-17,19H2;1-2H3. The minimum absolute atomic E-state index is 0.0147. The Morgan fingerprint density at radius 1 is 0.930 bits per heavy atom. The molecule has 7 heteroatoms. The Bertz CT molecular complexity index is 1430. The van der Waals surface area contributed by atoms with Crippen LogP contribution in [0.15, 0.2) is 65.0 Å². The Hall–Kier alpha value is -3.74. The van der Waals surface area contributed by atoms with Gasteiger partial charge in [0.2, 0.25) is 6.79 Å². The van der Waals surface area contributed by atoms with E-state index in [4.69, 9.17) is 14.2 Å². The number of allylic oxidation sites excluding steroid dienone is 3. The van der Waals surface area contributed by atoms with E-state index in [1.54, 1.807) is 18.2 Å². The van der Waals surface area contributed by atoms with Gasteiger partial charge in [-0.05, 0) is 85.8 Å². The molecule has 7 rings (SSSR count). The zero-order valence-electron chi connectivity index (χ0n) is 25.3. The lowest BCUT2D eigenvalue weighted by Crippen LogP contribution is -2.37. The number of esters is 1. The number of ether oxygens (including phenoxy) is 3. The van der Waals surface area contributed by atoms with Crippen molar-refractivity contribution in [1.82, 2.24) is 5.32 Å². The maximum atomic E-state index is 14.1. The molecule has 0 amide bonds. The fraction of sp³-hybridized carbons (Fsp3) is 0.500. The van der Waals surface area contributed by atoms with Crippen molar-refractivity contribution in [2.45, 2.75) is 102 Å². The van der Waals surface area contributed by atoms with Gasteiger partial charge < -0.3 is 24.6 Å². The first-order valence-electron chi connectivity index (χ1n) is 16.2. The van der Waals surface area contributed by atoms with Crippen molar-refractivity contribution in [3.8, 4) is 17.2 Å². The second-order valence-electron chi connectivity index (χ2n) is 12.2. The highest BCUT2D eigenvalue weighted by molar-refractivity contribution is 6.04. The summed E-state index contributed by atoms with van der Waals surface area (Å²) < 4.78 is 17.2. The van der Waals surface area contributed by atoms with Gasteiger partial charge in [0.25, 0.3) is 0 Å². The highest BCUT2D eigenvalue weighted by atomic mass is 16.7. The fourth-order valence-corrected chi connectivity index (χ4v) is 7.52. The Morgan fingerprint density at radius 3 is 2.44 bits per heavy atom. The third-order valence-corrected chi connectivity index (χ3v) is 9.55. The van der Waals surface area contributed by atoms with E-state index in [0.29, 0.717) is 35.7 Å². The molecule has 5 aliphatic rings. The molecule has 7 nitrogen and oxygen atoms in total. The number of aromatic hydroxyl groups is 1. The van der Waals surface area contributed by atoms with Crippen LogP contribution in [0.4, 0.5) is 0 Å². The van der Waals surface area contributed by atoms with Crippen molar-refractivity contribution >= 4 is 11.8 Å². The number of benzene rings is 2. The number of Topliss-reactive ketones (excluding diaryl/α,β-unsaturated/α-hetero) is 1. The summed E-state index contributed by atoms with van der Waals surface area (Å²) >= 11 is 0. The molecular formula is C36H43NO6. The zero-order valence-corrected chi connectivity index (χ0v) is 25.3. The minimum Gasteiger partial charge on any atom is -0.508 e. The summed E-state index contributed by atoms with van der Waals surface area (Å²) in [5, 5.41) is 14.1. The van der Waals surface area contributed by atoms with E-state index in [1.165, 1.54) is 12.8 Å². The van der Waals surface area contributed by atoms with Gasteiger partial charge in [0, 0.05) is 29.3 Å². The highest BCUT2D eigenvalue weighted by Crippen LogP contribution is 2.48. The molecule has 0 spiro atoms. The van der Waals surface area contributed by atoms with Gasteiger partial charge in [-0.3, -0.25) is 4.79 Å². The lowest BCUT2D eigenvalue weighted by atomic mass is 9.71. The molecule has 0 aromatic heterocycles. The number of phenolic OH excluding ortho intramolecular Hbond substituents is 1. The van der Waals surface area contributed by atoms with Crippen LogP contribution < -0.4 is 14.8 Å². The number of carbonyl (C=O) groups is 2. The van der Waals surface area contributed by atoms with Crippen LogP contribution in [0.3, 0.4) is 0 Å². The van der Waals surface area contributed by atoms with Crippen LogP contribution in [0.1, 0.15) is 107 Å². The molecule has 2 aromatic carbocycles. The van der Waals surface area contributed by atoms with Gasteiger partial charge >= 0.3 is 5.97 Å². The number of rotatable bonds is 6. The number of fused-ring (bicyclic) bond motifs is 1. The highest BCUT2D eigenvalue weighted by Gasteiger charge is 2.43. The van der Waals surface area contributed by atoms with Crippen LogP contribution in [-0.2, 0) is 14.3 Å². The predicted molar refractivity (Wildman–Crippen MR) is 164 cm³/mol. The molecule has 2 atom stereocenters. The van der Waals surface area contributed by atoms with E-state index < -0.39 is 5.92 Å². The topological polar surface area (TPSA) is 94.1 Å². The SMILES string of the molecule is CC.O=C1CC(c2ccc3c(c2)OCO3)CC2=C1C(c1cccc(O)c1)C(C(=O)OC1CCCC1)=C(CC1CCCC1)N2. The summed E-state index contributed by atoms with van der Waals surface area (Å²) in [5.41, 5.74) is 4.71. The van der Waals surface area contributed by atoms with Gasteiger partial charge in [-0.15, -0.1) is 0 Å². The zero-order chi connectivity index (χ0) is 29.9. The van der Waals surface area contributed by atoms with Gasteiger partial charge in [-0.1, -0.05) is 57.7 Å². The Morgan fingerprint density at radius 2 is 1.67 bits per heavy atom. The smallest absolute Gasteiger partial charge is 0.337 e. The van der Waals surface area contributed by atoms with Crippen molar-refractivity contribution < 1.29 is 28.9 Å². The van der Waals surface area contributed by atoms with E-state index in [2.05, 4.69) is 5.32 Å². The molecular weight excluding hydrogens is 542 g/mol. The van der Waals surface area contributed by atoms with Gasteiger partial charge in [-0.2, -0.15) is 0 Å². The van der Waals surface area contributed by atoms with E-state index in [1.807, 2.05) is 38.1 Å². The second-order valence-corrected chi connectivity index (χ2v) is 12.2. The van der Waals surface area contributed by atoms with Crippen molar-refractivity contribution in [3.05, 3.63) is 76.1 Å². The number of phenols is 1. The monoisotopic (exact) mass is 585 g/mol. The molecule has 43 heavy (non-hydrogen) atoms. The lowest BCUT2D eigenvalue weighted by Gasteiger charge is -2.38. The van der Waals surface area contributed by atoms with Crippen LogP contribution in [0, 0.1) is 5.92 Å². The lowest BCUT2D eigenvalue weighted by molar-refractivity contribution is -0.144. The number of hydrogen-bond acceptors (Lipinski definition) is 7. The van der Waals surface area contributed by atoms with Gasteiger partial charge in [0.15, 0.2) is 17.3 Å². The summed E-state index contributed by atoms with van der Waals surface area (Å²) in [5.74, 6) is 1.13. The molecule has 3 aliphatic carbocycles. The summed E-state index contributed by atoms with van der Waals surface area (Å²) in [6.45, 7) is 4.21. The van der Waals surface area contributed by atoms with E-state index >= 15 is 0 Å². The molecule has 228 valence electrons. The van der Waals surface area contributed by atoms with Gasteiger partial charge in [0.1, 0.15) is 11.9 Å². The molecule has 2 aromatic rings. The molecule has 2 N–H and O–H groups in total. The maximum absolute atomic E-state index is 14.1. The first kappa shape index (κ1) is 29.3. The van der Waals surface area contributed by atoms with Crippen molar-refractivity contribution in [2.24, 2.45) is 5.92 Å². The largest absolute Gasteiger partial charge is 0.508 e. The molecule has 0 saturated heterocycles. The normalized spacial score (nSPS) is 23.5. The van der Waals surface area contributed by atoms with Crippen molar-refractivity contribution in [3.63, 3.8) is 0 Å². The average molecular weight is 586 g/mol. The Balaban J connectivity index is 0.00000161. The third kappa shape index (κ3) is 6.04. The molecule has 2 fully saturated rings. The number of nitrogens with one attached hydrogen (secondary N) is 1. The van der Waals surface area contributed by atoms with Crippen molar-refractivity contribution in [2.75, 3.05) is 6.79 Å². The average Bonchev–Trinajstić information content (AvgIpc) is 3.81. The molecule has 2 unspecified atom stereocenters. The molecule has 0 bridgehead atoms. The summed E-state index contributed by atoms with van der Waals surface area (Å²) in [7, 11) is 0. The second kappa shape index (κ2) is 12.9. The first-order chi connectivity index (χ1) is 21.0. The summed E-state index contributed by atoms with van der Waals surface area (Å²) in [4.78, 5) is 28.1. The molecule has 2 aliphatic heterocycles. The van der Waals surface area contributed by atoms with E-state index in [9.17, 15) is 14.7 Å². The Kier molecular flexibility index (Phi) is 8.78. The van der Waals surface area contributed by atoms with Crippen molar-refractivity contribution in [1.29, 1.82) is 0 Å². The fourth-order valence-electron chi connectivity index (χ4n) is 7.52. The third-order valence-electron chi connectivity index (χ3n) is 9.55. The van der Waals surface area contributed by atoms with Gasteiger partial charge in [-0.25, -0.2) is 4.79 Å². The Labute approximate surface area is 254 Å². The summed E-state index contributed by atoms with van der Waals surface area (Å²) in [6, 6.07) is 12.9. The quantitative estimate of drug-likeness (QED) is 0.338. The summed E-state index contributed by atoms with van der Waals surface area (Å²) in [6.07, 6.45) is 10.2. The van der Waals surface area contributed by atoms with Crippen LogP contribution >= 0.6 is 0 Å². The maximum Gasteiger partial charge on any atom is 0.337 e.